The van der Waals surface area contributed by atoms with Crippen LogP contribution in [0.25, 0.3) is 12.4 Å². The van der Waals surface area contributed by atoms with Gasteiger partial charge in [-0.25, -0.2) is 19.6 Å². The second kappa shape index (κ2) is 21.6. The Balaban J connectivity index is 0.942. The predicted molar refractivity (Wildman–Crippen MR) is 284 cm³/mol. The molecule has 0 spiro atoms. The summed E-state index contributed by atoms with van der Waals surface area (Å²) in [5.41, 5.74) is 6.62. The molecule has 1 unspecified atom stereocenters. The fourth-order valence-corrected chi connectivity index (χ4v) is 12.9. The maximum Gasteiger partial charge on any atom is 0.352 e. The normalized spacial score (nSPS) is 16.7. The van der Waals surface area contributed by atoms with Crippen LogP contribution in [0.5, 0.6) is 0 Å². The highest BCUT2D eigenvalue weighted by Crippen LogP contribution is 2.43. The van der Waals surface area contributed by atoms with Gasteiger partial charge < -0.3 is 30.7 Å². The molecule has 0 bridgehead atoms. The zero-order valence-electron chi connectivity index (χ0n) is 39.2. The Morgan fingerprint density at radius 3 is 2.01 bits per heavy atom. The number of aromatic nitrogens is 2. The van der Waals surface area contributed by atoms with Crippen LogP contribution in [0.15, 0.2) is 178 Å². The fraction of sp³-hybridized carbons (Fsp3) is 0.167. The molecule has 0 aliphatic carbocycles. The number of β-lactam (4-membered cyclic amide) rings is 1. The molecule has 19 heteroatoms. The van der Waals surface area contributed by atoms with Gasteiger partial charge >= 0.3 is 11.9 Å². The number of nitrogens with zero attached hydrogens (tertiary/aromatic N) is 5. The first-order valence-electron chi connectivity index (χ1n) is 23.0. The van der Waals surface area contributed by atoms with Gasteiger partial charge in [-0.1, -0.05) is 169 Å². The highest BCUT2D eigenvalue weighted by atomic mass is 32.2. The number of fused-ring (bicyclic) bond motifs is 2. The maximum atomic E-state index is 14.7. The number of nitrogens with one attached hydrogen (secondary N) is 3. The smallest absolute Gasteiger partial charge is 0.352 e. The molecule has 15 nitrogen and oxygen atoms in total. The fourth-order valence-electron chi connectivity index (χ4n) is 8.67. The molecule has 3 aliphatic rings. The summed E-state index contributed by atoms with van der Waals surface area (Å²) in [5, 5.41) is 25.2. The third kappa shape index (κ3) is 10.2. The number of hydrogen-bond acceptors (Lipinski definition) is 16. The summed E-state index contributed by atoms with van der Waals surface area (Å²) in [6.07, 6.45) is 1.65. The van der Waals surface area contributed by atoms with E-state index in [0.29, 0.717) is 22.2 Å². The molecule has 10 rings (SSSR count). The molecule has 73 heavy (non-hydrogen) atoms. The molecule has 0 saturated carbocycles. The number of carbonyl (C=O) groups is 4. The highest BCUT2D eigenvalue weighted by molar-refractivity contribution is 8.01. The van der Waals surface area contributed by atoms with Crippen molar-refractivity contribution in [3.05, 3.63) is 212 Å². The zero-order chi connectivity index (χ0) is 50.5. The van der Waals surface area contributed by atoms with Gasteiger partial charge in [0.1, 0.15) is 33.7 Å². The number of hydrogen-bond donors (Lipinski definition) is 4. The lowest BCUT2D eigenvalue weighted by Gasteiger charge is -2.49. The van der Waals surface area contributed by atoms with Crippen molar-refractivity contribution in [3.63, 3.8) is 0 Å². The molecule has 2 amide bonds. The summed E-state index contributed by atoms with van der Waals surface area (Å²) in [6, 6.07) is 47.4. The molecule has 368 valence electrons. The Bertz CT molecular complexity index is 3210. The molecule has 7 aromatic rings. The summed E-state index contributed by atoms with van der Waals surface area (Å²) < 4.78 is 7.77. The lowest BCUT2D eigenvalue weighted by Crippen LogP contribution is -2.71. The van der Waals surface area contributed by atoms with Crippen molar-refractivity contribution in [2.75, 3.05) is 23.9 Å². The first-order chi connectivity index (χ1) is 35.6. The van der Waals surface area contributed by atoms with E-state index in [-0.39, 0.29) is 17.1 Å². The summed E-state index contributed by atoms with van der Waals surface area (Å²) in [7, 11) is 1.86. The average molecular weight is 1050 g/mol. The van der Waals surface area contributed by atoms with Gasteiger partial charge in [0.2, 0.25) is 6.10 Å². The SMILES string of the molecule is C[C@H](ON=C(C(=O)NC1C(=O)N2C(C(=O)O)=C(CSc3nc4c(s3)=CNN(C)C=4)CS[C@@H]12)c1csc(NC(c2ccccc2)(c2ccccc2)c2ccccc2)n1)C(=O)OC(c1ccccc1)c1ccccc1. The van der Waals surface area contributed by atoms with Gasteiger partial charge in [-0.15, -0.1) is 34.4 Å². The number of thiazole rings is 2. The van der Waals surface area contributed by atoms with Gasteiger partial charge in [-0.05, 0) is 40.3 Å². The number of carbonyl (C=O) groups excluding carboxylic acids is 3. The van der Waals surface area contributed by atoms with Crippen LogP contribution in [-0.2, 0) is 34.3 Å². The van der Waals surface area contributed by atoms with E-state index in [1.165, 1.54) is 58.0 Å². The average Bonchev–Trinajstić information content (AvgIpc) is 4.07. The molecule has 5 heterocycles. The van der Waals surface area contributed by atoms with Crippen LogP contribution in [0.2, 0.25) is 0 Å². The van der Waals surface area contributed by atoms with Crippen molar-refractivity contribution in [2.45, 2.75) is 40.4 Å². The van der Waals surface area contributed by atoms with Crippen LogP contribution in [0.1, 0.15) is 46.5 Å². The third-order valence-corrected chi connectivity index (χ3v) is 16.6. The van der Waals surface area contributed by atoms with Gasteiger partial charge in [-0.3, -0.25) is 19.5 Å². The molecular formula is C54H46N8O7S4. The number of thioether (sulfide) groups is 2. The van der Waals surface area contributed by atoms with Crippen LogP contribution < -0.4 is 25.9 Å². The first-order valence-corrected chi connectivity index (χ1v) is 26.8. The van der Waals surface area contributed by atoms with Crippen molar-refractivity contribution < 1.29 is 33.9 Å². The standard InChI is InChI=1S/C54H46N8O7S4/c1-33(51(67)68-46(34-18-8-3-9-19-34)35-20-10-4-11-21-35)69-60-43(41-32-71-52(56-41)59-54(37-22-12-5-13-23-37,38-24-14-6-15-25-38)39-26-16-7-17-27-39)47(63)58-44-48(64)62-45(50(65)66)36(30-70-49(44)62)31-72-53-57-40-29-61(2)55-28-42(40)73-53/h3-29,32-33,44,46,49,55H,30-31H2,1-2H3,(H,56,59)(H,58,63)(H,65,66)/t33-,44?,49-/m0/s1. The number of anilines is 1. The summed E-state index contributed by atoms with van der Waals surface area (Å²) in [5.74, 6) is -2.83. The summed E-state index contributed by atoms with van der Waals surface area (Å²) >= 11 is 5.46. The van der Waals surface area contributed by atoms with E-state index in [2.05, 4.69) is 21.2 Å². The zero-order valence-corrected chi connectivity index (χ0v) is 42.4. The number of rotatable bonds is 18. The van der Waals surface area contributed by atoms with E-state index < -0.39 is 52.9 Å². The van der Waals surface area contributed by atoms with Crippen molar-refractivity contribution >= 4 is 93.2 Å². The number of carboxylic acids is 1. The largest absolute Gasteiger partial charge is 0.477 e. The third-order valence-electron chi connectivity index (χ3n) is 12.2. The van der Waals surface area contributed by atoms with Crippen molar-refractivity contribution in [1.82, 2.24) is 30.6 Å². The molecule has 0 radical (unpaired) electrons. The minimum Gasteiger partial charge on any atom is -0.477 e. The molecular weight excluding hydrogens is 1000 g/mol. The van der Waals surface area contributed by atoms with Crippen LogP contribution in [-0.4, -0.2) is 90.5 Å². The van der Waals surface area contributed by atoms with Crippen LogP contribution in [0.3, 0.4) is 0 Å². The Labute approximate surface area is 436 Å². The van der Waals surface area contributed by atoms with Crippen molar-refractivity contribution in [2.24, 2.45) is 5.16 Å². The number of esters is 1. The first kappa shape index (κ1) is 48.9. The van der Waals surface area contributed by atoms with Gasteiger partial charge in [0.05, 0.1) is 4.53 Å². The molecule has 4 N–H and O–H groups in total. The van der Waals surface area contributed by atoms with Crippen LogP contribution in [0, 0.1) is 0 Å². The van der Waals surface area contributed by atoms with Gasteiger partial charge in [0.25, 0.3) is 11.8 Å². The summed E-state index contributed by atoms with van der Waals surface area (Å²) in [4.78, 5) is 72.1. The lowest BCUT2D eigenvalue weighted by molar-refractivity contribution is -0.160. The second-order valence-corrected chi connectivity index (χ2v) is 21.2. The predicted octanol–water partition coefficient (Wildman–Crippen LogP) is 6.90. The minimum absolute atomic E-state index is 0.0898. The topological polar surface area (TPSA) is 188 Å². The summed E-state index contributed by atoms with van der Waals surface area (Å²) in [6.45, 7) is 1.47. The number of hydrazine groups is 1. The number of ether oxygens (including phenoxy) is 1. The monoisotopic (exact) mass is 1050 g/mol. The van der Waals surface area contributed by atoms with Gasteiger partial charge in [0.15, 0.2) is 21.3 Å². The van der Waals surface area contributed by atoms with E-state index in [1.807, 2.05) is 171 Å². The molecule has 1 fully saturated rings. The van der Waals surface area contributed by atoms with E-state index in [4.69, 9.17) is 19.5 Å². The molecule has 3 atom stereocenters. The quantitative estimate of drug-likeness (QED) is 0.0174. The second-order valence-electron chi connectivity index (χ2n) is 17.0. The van der Waals surface area contributed by atoms with E-state index in [9.17, 15) is 24.3 Å². The Morgan fingerprint density at radius 2 is 1.44 bits per heavy atom. The van der Waals surface area contributed by atoms with Crippen molar-refractivity contribution in [3.8, 4) is 0 Å². The van der Waals surface area contributed by atoms with Crippen molar-refractivity contribution in [1.29, 1.82) is 0 Å². The number of benzene rings is 5. The number of oxime groups is 1. The Hall–Kier alpha value is -7.71. The van der Waals surface area contributed by atoms with Gasteiger partial charge in [0, 0.05) is 36.3 Å². The number of carboxylic acid groups (broad SMARTS) is 1. The minimum atomic E-state index is -1.31. The highest BCUT2D eigenvalue weighted by Gasteiger charge is 2.54. The molecule has 1 saturated heterocycles. The van der Waals surface area contributed by atoms with E-state index in [1.54, 1.807) is 10.4 Å². The molecule has 2 aromatic heterocycles. The lowest BCUT2D eigenvalue weighted by atomic mass is 9.77. The molecule has 3 aliphatic heterocycles. The van der Waals surface area contributed by atoms with Crippen LogP contribution in [0.4, 0.5) is 5.13 Å². The number of aliphatic carboxylic acids is 1. The Kier molecular flexibility index (Phi) is 14.4. The maximum absolute atomic E-state index is 14.7. The van der Waals surface area contributed by atoms with Gasteiger partial charge in [-0.2, -0.15) is 0 Å². The molecule has 5 aromatic carbocycles. The Morgan fingerprint density at radius 1 is 0.863 bits per heavy atom. The van der Waals surface area contributed by atoms with E-state index >= 15 is 0 Å². The van der Waals surface area contributed by atoms with Crippen LogP contribution >= 0.6 is 46.2 Å². The number of amides is 2. The van der Waals surface area contributed by atoms with E-state index in [0.717, 1.165) is 42.0 Å².